The molecule has 0 aliphatic carbocycles. The highest BCUT2D eigenvalue weighted by molar-refractivity contribution is 4.50. The topological polar surface area (TPSA) is 47.9 Å². The number of hydrogen-bond donors (Lipinski definition) is 1. The minimum atomic E-state index is -0.391. The summed E-state index contributed by atoms with van der Waals surface area (Å²) in [6.07, 6.45) is 6.85. The molecule has 0 aromatic rings. The Balaban J connectivity index is 0. The normalized spacial score (nSPS) is 13.4. The van der Waals surface area contributed by atoms with Crippen LogP contribution in [0.1, 0.15) is 73.1 Å². The Morgan fingerprint density at radius 3 is 1.59 bits per heavy atom. The number of ether oxygens (including phenoxy) is 3. The average molecular weight is 321 g/mol. The van der Waals surface area contributed by atoms with Crippen LogP contribution in [0.5, 0.6) is 0 Å². The van der Waals surface area contributed by atoms with Crippen molar-refractivity contribution >= 4 is 0 Å². The lowest BCUT2D eigenvalue weighted by atomic mass is 10.3. The van der Waals surface area contributed by atoms with Gasteiger partial charge in [-0.25, -0.2) is 0 Å². The van der Waals surface area contributed by atoms with Crippen LogP contribution in [0.15, 0.2) is 0 Å². The Bertz CT molecular complexity index is 180. The predicted octanol–water partition coefficient (Wildman–Crippen LogP) is 4.19. The Morgan fingerprint density at radius 1 is 0.727 bits per heavy atom. The molecular formula is C18H40O4. The van der Waals surface area contributed by atoms with E-state index in [1.165, 1.54) is 25.7 Å². The minimum absolute atomic E-state index is 0.0754. The van der Waals surface area contributed by atoms with E-state index in [9.17, 15) is 0 Å². The van der Waals surface area contributed by atoms with Crippen molar-refractivity contribution in [3.63, 3.8) is 0 Å². The summed E-state index contributed by atoms with van der Waals surface area (Å²) < 4.78 is 16.0. The standard InChI is InChI=1S/C10H22O3.C8H18O/c1-4-5-6-12-8-10(3)13-7-9(2)11;1-3-5-7-9-8-6-4-2/h9-11H,4-8H2,1-3H3;3-8H2,1-2H3. The van der Waals surface area contributed by atoms with Crippen LogP contribution in [-0.4, -0.2) is 50.3 Å². The third-order valence-electron chi connectivity index (χ3n) is 2.90. The van der Waals surface area contributed by atoms with Crippen molar-refractivity contribution in [2.24, 2.45) is 0 Å². The summed E-state index contributed by atoms with van der Waals surface area (Å²) in [5.74, 6) is 0. The minimum Gasteiger partial charge on any atom is -0.391 e. The molecule has 22 heavy (non-hydrogen) atoms. The highest BCUT2D eigenvalue weighted by atomic mass is 16.5. The van der Waals surface area contributed by atoms with Gasteiger partial charge in [0.15, 0.2) is 0 Å². The number of aliphatic hydroxyl groups is 1. The molecule has 0 fully saturated rings. The smallest absolute Gasteiger partial charge is 0.0781 e. The maximum atomic E-state index is 8.95. The van der Waals surface area contributed by atoms with Crippen LogP contribution < -0.4 is 0 Å². The summed E-state index contributed by atoms with van der Waals surface area (Å²) in [6.45, 7) is 13.9. The van der Waals surface area contributed by atoms with Gasteiger partial charge in [0.1, 0.15) is 0 Å². The summed E-state index contributed by atoms with van der Waals surface area (Å²) >= 11 is 0. The average Bonchev–Trinajstić information content (AvgIpc) is 2.50. The van der Waals surface area contributed by atoms with Crippen molar-refractivity contribution in [1.82, 2.24) is 0 Å². The number of rotatable bonds is 14. The van der Waals surface area contributed by atoms with Gasteiger partial charge in [-0.15, -0.1) is 0 Å². The van der Waals surface area contributed by atoms with Gasteiger partial charge in [0.2, 0.25) is 0 Å². The van der Waals surface area contributed by atoms with Gasteiger partial charge >= 0.3 is 0 Å². The maximum Gasteiger partial charge on any atom is 0.0781 e. The SMILES string of the molecule is CCCCOCC(C)OCC(C)O.CCCCOCCCC. The molecule has 0 spiro atoms. The molecule has 2 atom stereocenters. The predicted molar refractivity (Wildman–Crippen MR) is 93.5 cm³/mol. The van der Waals surface area contributed by atoms with Gasteiger partial charge in [0.05, 0.1) is 25.4 Å². The molecule has 0 saturated carbocycles. The van der Waals surface area contributed by atoms with E-state index in [1.54, 1.807) is 6.92 Å². The van der Waals surface area contributed by atoms with Crippen LogP contribution in [0, 0.1) is 0 Å². The molecule has 0 aliphatic heterocycles. The molecule has 0 heterocycles. The van der Waals surface area contributed by atoms with E-state index in [0.717, 1.165) is 32.7 Å². The molecule has 0 rings (SSSR count). The van der Waals surface area contributed by atoms with Gasteiger partial charge in [-0.2, -0.15) is 0 Å². The van der Waals surface area contributed by atoms with Crippen molar-refractivity contribution in [3.8, 4) is 0 Å². The van der Waals surface area contributed by atoms with Gasteiger partial charge < -0.3 is 19.3 Å². The van der Waals surface area contributed by atoms with Crippen LogP contribution in [0.2, 0.25) is 0 Å². The molecule has 0 amide bonds. The molecule has 0 saturated heterocycles. The van der Waals surface area contributed by atoms with Gasteiger partial charge in [-0.05, 0) is 33.1 Å². The van der Waals surface area contributed by atoms with Crippen LogP contribution in [0.25, 0.3) is 0 Å². The first-order valence-corrected chi connectivity index (χ1v) is 9.03. The molecule has 1 N–H and O–H groups in total. The molecule has 0 aliphatic rings. The fourth-order valence-corrected chi connectivity index (χ4v) is 1.44. The van der Waals surface area contributed by atoms with Crippen molar-refractivity contribution in [1.29, 1.82) is 0 Å². The fraction of sp³-hybridized carbons (Fsp3) is 1.00. The van der Waals surface area contributed by atoms with E-state index in [1.807, 2.05) is 6.92 Å². The third-order valence-corrected chi connectivity index (χ3v) is 2.90. The summed E-state index contributed by atoms with van der Waals surface area (Å²) in [5.41, 5.74) is 0. The van der Waals surface area contributed by atoms with E-state index < -0.39 is 6.10 Å². The van der Waals surface area contributed by atoms with Crippen LogP contribution in [0.3, 0.4) is 0 Å². The zero-order valence-electron chi connectivity index (χ0n) is 15.6. The van der Waals surface area contributed by atoms with Gasteiger partial charge in [0.25, 0.3) is 0 Å². The lowest BCUT2D eigenvalue weighted by Crippen LogP contribution is -2.21. The van der Waals surface area contributed by atoms with Gasteiger partial charge in [-0.1, -0.05) is 40.0 Å². The zero-order chi connectivity index (χ0) is 17.1. The van der Waals surface area contributed by atoms with Crippen LogP contribution in [-0.2, 0) is 14.2 Å². The zero-order valence-corrected chi connectivity index (χ0v) is 15.6. The van der Waals surface area contributed by atoms with E-state index in [-0.39, 0.29) is 6.10 Å². The summed E-state index contributed by atoms with van der Waals surface area (Å²) in [5, 5.41) is 8.95. The highest BCUT2D eigenvalue weighted by Crippen LogP contribution is 1.96. The van der Waals surface area contributed by atoms with E-state index in [0.29, 0.717) is 13.2 Å². The molecule has 136 valence electrons. The fourth-order valence-electron chi connectivity index (χ4n) is 1.44. The Hall–Kier alpha value is -0.160. The van der Waals surface area contributed by atoms with Gasteiger partial charge in [-0.3, -0.25) is 0 Å². The molecule has 0 bridgehead atoms. The van der Waals surface area contributed by atoms with Gasteiger partial charge in [0, 0.05) is 19.8 Å². The van der Waals surface area contributed by atoms with Crippen molar-refractivity contribution < 1.29 is 19.3 Å². The third kappa shape index (κ3) is 24.8. The van der Waals surface area contributed by atoms with Crippen molar-refractivity contribution in [3.05, 3.63) is 0 Å². The van der Waals surface area contributed by atoms with E-state index >= 15 is 0 Å². The molecule has 2 unspecified atom stereocenters. The molecule has 4 nitrogen and oxygen atoms in total. The van der Waals surface area contributed by atoms with E-state index in [4.69, 9.17) is 19.3 Å². The summed E-state index contributed by atoms with van der Waals surface area (Å²) in [4.78, 5) is 0. The lowest BCUT2D eigenvalue weighted by Gasteiger charge is -2.14. The first-order chi connectivity index (χ1) is 10.6. The molecular weight excluding hydrogens is 280 g/mol. The Kier molecular flexibility index (Phi) is 22.8. The lowest BCUT2D eigenvalue weighted by molar-refractivity contribution is -0.0367. The van der Waals surface area contributed by atoms with E-state index in [2.05, 4.69) is 20.8 Å². The van der Waals surface area contributed by atoms with Crippen molar-refractivity contribution in [2.75, 3.05) is 33.0 Å². The molecule has 0 aromatic carbocycles. The summed E-state index contributed by atoms with van der Waals surface area (Å²) in [7, 11) is 0. The molecule has 0 radical (unpaired) electrons. The summed E-state index contributed by atoms with van der Waals surface area (Å²) in [6, 6.07) is 0. The number of aliphatic hydroxyl groups excluding tert-OH is 1. The maximum absolute atomic E-state index is 8.95. The first-order valence-electron chi connectivity index (χ1n) is 9.03. The monoisotopic (exact) mass is 320 g/mol. The second-order valence-corrected chi connectivity index (χ2v) is 5.74. The van der Waals surface area contributed by atoms with Crippen LogP contribution in [0.4, 0.5) is 0 Å². The number of hydrogen-bond acceptors (Lipinski definition) is 4. The molecule has 4 heteroatoms. The first kappa shape index (κ1) is 24.1. The second-order valence-electron chi connectivity index (χ2n) is 5.74. The second kappa shape index (κ2) is 20.8. The van der Waals surface area contributed by atoms with Crippen LogP contribution >= 0.6 is 0 Å². The largest absolute Gasteiger partial charge is 0.391 e. The highest BCUT2D eigenvalue weighted by Gasteiger charge is 2.03. The Labute approximate surface area is 138 Å². The number of unbranched alkanes of at least 4 members (excludes halogenated alkanes) is 3. The Morgan fingerprint density at radius 2 is 1.18 bits per heavy atom. The van der Waals surface area contributed by atoms with Crippen molar-refractivity contribution in [2.45, 2.75) is 85.4 Å². The quantitative estimate of drug-likeness (QED) is 0.487. The molecule has 0 aromatic heterocycles.